The summed E-state index contributed by atoms with van der Waals surface area (Å²) in [4.78, 5) is 21.2. The Labute approximate surface area is 65.5 Å². The van der Waals surface area contributed by atoms with Crippen LogP contribution >= 0.6 is 0 Å². The van der Waals surface area contributed by atoms with Crippen molar-refractivity contribution in [3.8, 4) is 0 Å². The smallest absolute Gasteiger partial charge is 0.317 e. The second-order valence-electron chi connectivity index (χ2n) is 1.79. The number of hydrogen-bond donors (Lipinski definition) is 0. The van der Waals surface area contributed by atoms with Crippen LogP contribution in [0, 0.1) is 0 Å². The van der Waals surface area contributed by atoms with Gasteiger partial charge in [0, 0.05) is 0 Å². The minimum absolute atomic E-state index is 0.290. The molecule has 0 amide bonds. The summed E-state index contributed by atoms with van der Waals surface area (Å²) in [5, 5.41) is 0. The van der Waals surface area contributed by atoms with Gasteiger partial charge in [0.1, 0.15) is 6.42 Å². The SMILES string of the molecule is CCO[13C](=O)C[13C](=O)OCC. The maximum absolute atomic E-state index is 10.6. The van der Waals surface area contributed by atoms with Crippen molar-refractivity contribution in [3.63, 3.8) is 0 Å². The highest BCUT2D eigenvalue weighted by Crippen LogP contribution is 1.89. The molecule has 0 aromatic carbocycles. The Bertz CT molecular complexity index is 125. The van der Waals surface area contributed by atoms with Crippen LogP contribution in [0.1, 0.15) is 20.3 Å². The lowest BCUT2D eigenvalue weighted by Gasteiger charge is -2.00. The van der Waals surface area contributed by atoms with Crippen molar-refractivity contribution in [1.29, 1.82) is 0 Å². The summed E-state index contributed by atoms with van der Waals surface area (Å²) in [5.74, 6) is -1.07. The predicted molar refractivity (Wildman–Crippen MR) is 37.9 cm³/mol. The van der Waals surface area contributed by atoms with Gasteiger partial charge in [-0.1, -0.05) is 0 Å². The van der Waals surface area contributed by atoms with E-state index in [1.807, 2.05) is 0 Å². The Morgan fingerprint density at radius 3 is 1.64 bits per heavy atom. The van der Waals surface area contributed by atoms with Crippen molar-refractivity contribution in [1.82, 2.24) is 0 Å². The zero-order valence-electron chi connectivity index (χ0n) is 6.75. The monoisotopic (exact) mass is 162 g/mol. The molecule has 0 aliphatic carbocycles. The van der Waals surface area contributed by atoms with Gasteiger partial charge < -0.3 is 9.47 Å². The summed E-state index contributed by atoms with van der Waals surface area (Å²) in [5.41, 5.74) is 0. The predicted octanol–water partition coefficient (Wildman–Crippen LogP) is 0.503. The third-order valence-electron chi connectivity index (χ3n) is 0.899. The van der Waals surface area contributed by atoms with E-state index in [0.29, 0.717) is 0 Å². The molecule has 11 heavy (non-hydrogen) atoms. The van der Waals surface area contributed by atoms with Gasteiger partial charge in [0.05, 0.1) is 13.2 Å². The fourth-order valence-corrected chi connectivity index (χ4v) is 0.542. The van der Waals surface area contributed by atoms with Crippen LogP contribution < -0.4 is 0 Å². The van der Waals surface area contributed by atoms with Gasteiger partial charge >= 0.3 is 11.9 Å². The zero-order valence-corrected chi connectivity index (χ0v) is 6.75. The summed E-state index contributed by atoms with van der Waals surface area (Å²) >= 11 is 0. The molecule has 0 spiro atoms. The summed E-state index contributed by atoms with van der Waals surface area (Å²) in [7, 11) is 0. The van der Waals surface area contributed by atoms with E-state index in [-0.39, 0.29) is 19.6 Å². The topological polar surface area (TPSA) is 52.6 Å². The highest BCUT2D eigenvalue weighted by atomic mass is 16.6. The Kier molecular flexibility index (Phi) is 5.15. The average Bonchev–Trinajstić information content (AvgIpc) is 1.87. The van der Waals surface area contributed by atoms with Gasteiger partial charge in [0.25, 0.3) is 0 Å². The molecule has 0 aliphatic rings. The Balaban J connectivity index is 3.49. The molecule has 0 bridgehead atoms. The van der Waals surface area contributed by atoms with Crippen molar-refractivity contribution < 1.29 is 19.1 Å². The maximum atomic E-state index is 10.6. The molecule has 64 valence electrons. The van der Waals surface area contributed by atoms with Crippen LogP contribution in [0.5, 0.6) is 0 Å². The van der Waals surface area contributed by atoms with Crippen molar-refractivity contribution >= 4 is 11.9 Å². The first-order valence-corrected chi connectivity index (χ1v) is 3.52. The quantitative estimate of drug-likeness (QED) is 0.343. The summed E-state index contributed by atoms with van der Waals surface area (Å²) in [6.07, 6.45) is -0.290. The highest BCUT2D eigenvalue weighted by molar-refractivity contribution is 5.91. The molecule has 0 radical (unpaired) electrons. The third-order valence-corrected chi connectivity index (χ3v) is 0.899. The fourth-order valence-electron chi connectivity index (χ4n) is 0.542. The maximum Gasteiger partial charge on any atom is 0.317 e. The molecular formula is C7H12O4. The van der Waals surface area contributed by atoms with Crippen LogP contribution in [0.3, 0.4) is 0 Å². The van der Waals surface area contributed by atoms with E-state index in [1.54, 1.807) is 13.8 Å². The average molecular weight is 162 g/mol. The van der Waals surface area contributed by atoms with Crippen LogP contribution in [0.4, 0.5) is 0 Å². The van der Waals surface area contributed by atoms with Gasteiger partial charge in [-0.2, -0.15) is 0 Å². The van der Waals surface area contributed by atoms with Crippen LogP contribution in [0.2, 0.25) is 0 Å². The number of ether oxygens (including phenoxy) is 2. The van der Waals surface area contributed by atoms with Crippen LogP contribution in [-0.2, 0) is 19.1 Å². The summed E-state index contributed by atoms with van der Waals surface area (Å²) in [6, 6.07) is 0. The first-order chi connectivity index (χ1) is 5.20. The molecule has 0 heterocycles. The third kappa shape index (κ3) is 5.39. The molecule has 0 fully saturated rings. The minimum Gasteiger partial charge on any atom is -0.466 e. The first kappa shape index (κ1) is 9.94. The summed E-state index contributed by atoms with van der Waals surface area (Å²) in [6.45, 7) is 3.95. The molecule has 0 aliphatic heterocycles. The number of carbonyl (C=O) groups excluding carboxylic acids is 2. The number of esters is 2. The Hall–Kier alpha value is -1.06. The van der Waals surface area contributed by atoms with Crippen molar-refractivity contribution in [3.05, 3.63) is 0 Å². The van der Waals surface area contributed by atoms with Gasteiger partial charge in [-0.3, -0.25) is 9.59 Å². The van der Waals surface area contributed by atoms with E-state index in [0.717, 1.165) is 0 Å². The standard InChI is InChI=1S/C7H12O4/c1-3-10-6(8)5-7(9)11-4-2/h3-5H2,1-2H3/i6+1,7+1. The second-order valence-corrected chi connectivity index (χ2v) is 1.79. The van der Waals surface area contributed by atoms with E-state index in [1.165, 1.54) is 0 Å². The molecule has 4 nitrogen and oxygen atoms in total. The molecule has 0 aromatic heterocycles. The van der Waals surface area contributed by atoms with Gasteiger partial charge in [0.2, 0.25) is 0 Å². The molecule has 0 N–H and O–H groups in total. The van der Waals surface area contributed by atoms with Crippen LogP contribution in [-0.4, -0.2) is 25.2 Å². The molecule has 0 rings (SSSR count). The number of carbonyl (C=O) groups is 2. The van der Waals surface area contributed by atoms with Gasteiger partial charge in [-0.15, -0.1) is 0 Å². The number of hydrogen-bond acceptors (Lipinski definition) is 4. The van der Waals surface area contributed by atoms with Crippen LogP contribution in [0.25, 0.3) is 0 Å². The molecule has 4 heteroatoms. The lowest BCUT2D eigenvalue weighted by atomic mass is 10.8. The lowest BCUT2D eigenvalue weighted by molar-refractivity contribution is -0.153. The van der Waals surface area contributed by atoms with E-state index >= 15 is 0 Å². The van der Waals surface area contributed by atoms with Crippen molar-refractivity contribution in [2.24, 2.45) is 0 Å². The Morgan fingerprint density at radius 1 is 1.00 bits per heavy atom. The normalized spacial score (nSPS) is 8.91. The first-order valence-electron chi connectivity index (χ1n) is 3.52. The summed E-state index contributed by atoms with van der Waals surface area (Å²) < 4.78 is 9.04. The van der Waals surface area contributed by atoms with Crippen molar-refractivity contribution in [2.45, 2.75) is 20.3 Å². The Morgan fingerprint density at radius 2 is 1.36 bits per heavy atom. The van der Waals surface area contributed by atoms with Gasteiger partial charge in [-0.05, 0) is 13.8 Å². The van der Waals surface area contributed by atoms with E-state index in [4.69, 9.17) is 0 Å². The molecule has 0 atom stereocenters. The van der Waals surface area contributed by atoms with Gasteiger partial charge in [0.15, 0.2) is 0 Å². The van der Waals surface area contributed by atoms with E-state index < -0.39 is 11.9 Å². The molecule has 0 aromatic rings. The van der Waals surface area contributed by atoms with E-state index in [9.17, 15) is 9.59 Å². The fraction of sp³-hybridized carbons (Fsp3) is 0.714. The second kappa shape index (κ2) is 5.70. The van der Waals surface area contributed by atoms with Gasteiger partial charge in [-0.25, -0.2) is 0 Å². The minimum atomic E-state index is -0.536. The van der Waals surface area contributed by atoms with E-state index in [2.05, 4.69) is 9.47 Å². The lowest BCUT2D eigenvalue weighted by Crippen LogP contribution is -2.13. The van der Waals surface area contributed by atoms with Crippen LogP contribution in [0.15, 0.2) is 0 Å². The highest BCUT2D eigenvalue weighted by Gasteiger charge is 2.09. The van der Waals surface area contributed by atoms with Crippen molar-refractivity contribution in [2.75, 3.05) is 13.2 Å². The molecular weight excluding hydrogens is 150 g/mol. The zero-order chi connectivity index (χ0) is 8.69. The molecule has 0 saturated heterocycles. The number of rotatable bonds is 4. The molecule has 0 unspecified atom stereocenters. The molecule has 0 saturated carbocycles. The largest absolute Gasteiger partial charge is 0.466 e.